The van der Waals surface area contributed by atoms with E-state index in [2.05, 4.69) is 68.7 Å². The molecule has 28 heavy (non-hydrogen) atoms. The van der Waals surface area contributed by atoms with Gasteiger partial charge in [0, 0.05) is 31.1 Å². The standard InChI is InChI=1S/C24H29N3O/c1-16(2)11-12-26-22-8-6-5-7-20(22)25-24(26)19-14-23(28)27(15-19)21-10-9-17(3)13-18(21)4/h5-10,13,16,19H,11-12,14-15H2,1-4H3/t19-/m1/s1. The Balaban J connectivity index is 1.68. The minimum absolute atomic E-state index is 0.132. The van der Waals surface area contributed by atoms with Crippen molar-refractivity contribution in [2.75, 3.05) is 11.4 Å². The van der Waals surface area contributed by atoms with Crippen LogP contribution in [0.15, 0.2) is 42.5 Å². The summed E-state index contributed by atoms with van der Waals surface area (Å²) in [4.78, 5) is 19.8. The molecule has 2 aromatic carbocycles. The van der Waals surface area contributed by atoms with Crippen molar-refractivity contribution < 1.29 is 4.79 Å². The molecule has 2 heterocycles. The van der Waals surface area contributed by atoms with Crippen LogP contribution < -0.4 is 4.90 Å². The molecule has 0 saturated carbocycles. The Labute approximate surface area is 167 Å². The summed E-state index contributed by atoms with van der Waals surface area (Å²) < 4.78 is 2.35. The first-order valence-corrected chi connectivity index (χ1v) is 10.3. The Morgan fingerprint density at radius 2 is 1.93 bits per heavy atom. The number of nitrogens with zero attached hydrogens (tertiary/aromatic N) is 3. The van der Waals surface area contributed by atoms with Crippen LogP contribution in [0.3, 0.4) is 0 Å². The number of anilines is 1. The van der Waals surface area contributed by atoms with Crippen LogP contribution in [0.1, 0.15) is 49.6 Å². The summed E-state index contributed by atoms with van der Waals surface area (Å²) in [6, 6.07) is 14.6. The molecular weight excluding hydrogens is 346 g/mol. The highest BCUT2D eigenvalue weighted by Gasteiger charge is 2.35. The molecular formula is C24H29N3O. The average Bonchev–Trinajstić information content (AvgIpc) is 3.20. The van der Waals surface area contributed by atoms with E-state index in [4.69, 9.17) is 4.98 Å². The molecule has 4 nitrogen and oxygen atoms in total. The van der Waals surface area contributed by atoms with Crippen molar-refractivity contribution >= 4 is 22.6 Å². The summed E-state index contributed by atoms with van der Waals surface area (Å²) in [7, 11) is 0. The first-order chi connectivity index (χ1) is 13.4. The minimum atomic E-state index is 0.132. The molecule has 146 valence electrons. The molecule has 1 amide bonds. The second kappa shape index (κ2) is 7.42. The molecule has 4 rings (SSSR count). The van der Waals surface area contributed by atoms with Gasteiger partial charge in [-0.25, -0.2) is 4.98 Å². The zero-order valence-electron chi connectivity index (χ0n) is 17.3. The first kappa shape index (κ1) is 18.7. The lowest BCUT2D eigenvalue weighted by atomic mass is 10.1. The minimum Gasteiger partial charge on any atom is -0.328 e. The molecule has 1 aliphatic rings. The van der Waals surface area contributed by atoms with E-state index in [9.17, 15) is 4.79 Å². The van der Waals surface area contributed by atoms with Gasteiger partial charge in [-0.2, -0.15) is 0 Å². The van der Waals surface area contributed by atoms with Gasteiger partial charge in [0.15, 0.2) is 0 Å². The van der Waals surface area contributed by atoms with Gasteiger partial charge in [0.05, 0.1) is 11.0 Å². The molecule has 0 N–H and O–H groups in total. The number of fused-ring (bicyclic) bond motifs is 1. The van der Waals surface area contributed by atoms with Crippen LogP contribution in [0.5, 0.6) is 0 Å². The van der Waals surface area contributed by atoms with E-state index in [1.165, 1.54) is 11.1 Å². The molecule has 0 bridgehead atoms. The third-order valence-electron chi connectivity index (χ3n) is 5.75. The number of aromatic nitrogens is 2. The maximum Gasteiger partial charge on any atom is 0.227 e. The molecule has 1 aliphatic heterocycles. The second-order valence-electron chi connectivity index (χ2n) is 8.49. The molecule has 1 atom stereocenters. The SMILES string of the molecule is Cc1ccc(N2C[C@H](c3nc4ccccc4n3CCC(C)C)CC2=O)c(C)c1. The van der Waals surface area contributed by atoms with Crippen LogP contribution in [0, 0.1) is 19.8 Å². The number of carbonyl (C=O) groups excluding carboxylic acids is 1. The highest BCUT2D eigenvalue weighted by Crippen LogP contribution is 2.35. The van der Waals surface area contributed by atoms with Gasteiger partial charge in [0.25, 0.3) is 0 Å². The summed E-state index contributed by atoms with van der Waals surface area (Å²) >= 11 is 0. The molecule has 0 spiro atoms. The topological polar surface area (TPSA) is 38.1 Å². The number of hydrogen-bond acceptors (Lipinski definition) is 2. The predicted octanol–water partition coefficient (Wildman–Crippen LogP) is 5.22. The van der Waals surface area contributed by atoms with E-state index >= 15 is 0 Å². The lowest BCUT2D eigenvalue weighted by molar-refractivity contribution is -0.117. The number of hydrogen-bond donors (Lipinski definition) is 0. The van der Waals surface area contributed by atoms with Crippen molar-refractivity contribution in [3.63, 3.8) is 0 Å². The Morgan fingerprint density at radius 1 is 1.14 bits per heavy atom. The van der Waals surface area contributed by atoms with E-state index in [0.29, 0.717) is 18.9 Å². The number of imidazole rings is 1. The summed E-state index contributed by atoms with van der Waals surface area (Å²) in [5, 5.41) is 0. The monoisotopic (exact) mass is 375 g/mol. The molecule has 4 heteroatoms. The number of rotatable bonds is 5. The molecule has 1 fully saturated rings. The predicted molar refractivity (Wildman–Crippen MR) is 115 cm³/mol. The normalized spacial score (nSPS) is 17.2. The zero-order valence-corrected chi connectivity index (χ0v) is 17.3. The van der Waals surface area contributed by atoms with Crippen molar-refractivity contribution in [1.82, 2.24) is 9.55 Å². The third kappa shape index (κ3) is 3.44. The van der Waals surface area contributed by atoms with Crippen LogP contribution >= 0.6 is 0 Å². The Hall–Kier alpha value is -2.62. The van der Waals surface area contributed by atoms with Gasteiger partial charge >= 0.3 is 0 Å². The summed E-state index contributed by atoms with van der Waals surface area (Å²) in [5.41, 5.74) is 5.61. The third-order valence-corrected chi connectivity index (χ3v) is 5.75. The molecule has 0 radical (unpaired) electrons. The smallest absolute Gasteiger partial charge is 0.227 e. The highest BCUT2D eigenvalue weighted by molar-refractivity contribution is 5.97. The van der Waals surface area contributed by atoms with E-state index in [0.717, 1.165) is 35.6 Å². The maximum absolute atomic E-state index is 12.9. The van der Waals surface area contributed by atoms with Gasteiger partial charge in [-0.1, -0.05) is 43.7 Å². The fraction of sp³-hybridized carbons (Fsp3) is 0.417. The van der Waals surface area contributed by atoms with Crippen molar-refractivity contribution in [2.24, 2.45) is 5.92 Å². The highest BCUT2D eigenvalue weighted by atomic mass is 16.2. The fourth-order valence-electron chi connectivity index (χ4n) is 4.25. The van der Waals surface area contributed by atoms with E-state index in [1.54, 1.807) is 0 Å². The van der Waals surface area contributed by atoms with Crippen molar-refractivity contribution in [3.05, 3.63) is 59.4 Å². The van der Waals surface area contributed by atoms with Crippen molar-refractivity contribution in [3.8, 4) is 0 Å². The number of carbonyl (C=O) groups is 1. The first-order valence-electron chi connectivity index (χ1n) is 10.3. The quantitative estimate of drug-likeness (QED) is 0.613. The van der Waals surface area contributed by atoms with Gasteiger partial charge in [0.1, 0.15) is 5.82 Å². The molecule has 1 aromatic heterocycles. The van der Waals surface area contributed by atoms with Crippen LogP contribution in [-0.4, -0.2) is 22.0 Å². The Bertz CT molecular complexity index is 1020. The van der Waals surface area contributed by atoms with Gasteiger partial charge < -0.3 is 9.47 Å². The van der Waals surface area contributed by atoms with Gasteiger partial charge in [-0.05, 0) is 49.9 Å². The molecule has 0 aliphatic carbocycles. The van der Waals surface area contributed by atoms with Crippen LogP contribution in [0.2, 0.25) is 0 Å². The Kier molecular flexibility index (Phi) is 4.96. The van der Waals surface area contributed by atoms with Gasteiger partial charge in [-0.15, -0.1) is 0 Å². The lowest BCUT2D eigenvalue weighted by Crippen LogP contribution is -2.25. The average molecular weight is 376 g/mol. The van der Waals surface area contributed by atoms with Crippen LogP contribution in [0.4, 0.5) is 5.69 Å². The summed E-state index contributed by atoms with van der Waals surface area (Å²) in [5.74, 6) is 2.01. The van der Waals surface area contributed by atoms with Gasteiger partial charge in [0.2, 0.25) is 5.91 Å². The lowest BCUT2D eigenvalue weighted by Gasteiger charge is -2.20. The molecule has 1 saturated heterocycles. The summed E-state index contributed by atoms with van der Waals surface area (Å²) in [6.45, 7) is 10.3. The molecule has 3 aromatic rings. The number of benzene rings is 2. The largest absolute Gasteiger partial charge is 0.328 e. The van der Waals surface area contributed by atoms with Gasteiger partial charge in [-0.3, -0.25) is 4.79 Å². The number of amides is 1. The van der Waals surface area contributed by atoms with E-state index in [1.807, 2.05) is 11.0 Å². The van der Waals surface area contributed by atoms with Crippen molar-refractivity contribution in [2.45, 2.75) is 53.0 Å². The number of aryl methyl sites for hydroxylation is 3. The Morgan fingerprint density at radius 3 is 2.68 bits per heavy atom. The summed E-state index contributed by atoms with van der Waals surface area (Å²) in [6.07, 6.45) is 1.63. The van der Waals surface area contributed by atoms with Crippen LogP contribution in [0.25, 0.3) is 11.0 Å². The maximum atomic E-state index is 12.9. The van der Waals surface area contributed by atoms with Crippen molar-refractivity contribution in [1.29, 1.82) is 0 Å². The second-order valence-corrected chi connectivity index (χ2v) is 8.49. The van der Waals surface area contributed by atoms with E-state index < -0.39 is 0 Å². The van der Waals surface area contributed by atoms with E-state index in [-0.39, 0.29) is 11.8 Å². The molecule has 0 unspecified atom stereocenters. The number of para-hydroxylation sites is 2. The van der Waals surface area contributed by atoms with Crippen LogP contribution in [-0.2, 0) is 11.3 Å². The fourth-order valence-corrected chi connectivity index (χ4v) is 4.25. The zero-order chi connectivity index (χ0) is 19.8.